The van der Waals surface area contributed by atoms with E-state index in [-0.39, 0.29) is 0 Å². The van der Waals surface area contributed by atoms with Gasteiger partial charge in [-0.3, -0.25) is 9.20 Å². The molecule has 0 bridgehead atoms. The van der Waals surface area contributed by atoms with Crippen molar-refractivity contribution >= 4 is 61.1 Å². The van der Waals surface area contributed by atoms with Crippen LogP contribution in [0.15, 0.2) is 40.2 Å². The maximum Gasteiger partial charge on any atom is 0.180 e. The molecule has 0 unspecified atom stereocenters. The number of aldehydes is 1. The molecule has 2 aliphatic carbocycles. The molecule has 9 nitrogen and oxygen atoms in total. The van der Waals surface area contributed by atoms with Crippen LogP contribution in [0.1, 0.15) is 36.2 Å². The Kier molecular flexibility index (Phi) is 5.15. The predicted molar refractivity (Wildman–Crippen MR) is 120 cm³/mol. The van der Waals surface area contributed by atoms with Crippen molar-refractivity contribution < 1.29 is 4.79 Å². The third kappa shape index (κ3) is 4.17. The topological polar surface area (TPSA) is 102 Å². The highest BCUT2D eigenvalue weighted by Gasteiger charge is 2.24. The van der Waals surface area contributed by atoms with Gasteiger partial charge in [0.1, 0.15) is 14.9 Å². The van der Waals surface area contributed by atoms with Gasteiger partial charge >= 0.3 is 0 Å². The molecule has 4 aromatic rings. The molecular formula is C19H18Br2N8O. The van der Waals surface area contributed by atoms with Crippen LogP contribution >= 0.6 is 31.9 Å². The lowest BCUT2D eigenvalue weighted by molar-refractivity contribution is 0.111. The summed E-state index contributed by atoms with van der Waals surface area (Å²) in [4.78, 5) is 28.0. The molecule has 0 amide bonds. The predicted octanol–water partition coefficient (Wildman–Crippen LogP) is 3.94. The molecule has 4 heterocycles. The van der Waals surface area contributed by atoms with Crippen LogP contribution in [0.2, 0.25) is 0 Å². The van der Waals surface area contributed by atoms with Gasteiger partial charge in [-0.15, -0.1) is 0 Å². The van der Waals surface area contributed by atoms with Gasteiger partial charge in [0, 0.05) is 36.9 Å². The van der Waals surface area contributed by atoms with Gasteiger partial charge < -0.3 is 15.0 Å². The number of nitrogens with zero attached hydrogens (tertiary/aromatic N) is 6. The zero-order valence-corrected chi connectivity index (χ0v) is 19.0. The SMILES string of the molecule is Brc1cn2ccnc2c(NC2CC2)n1.O=Cc1cnc2c(NC3CC3)nc(Br)cn12. The van der Waals surface area contributed by atoms with Crippen LogP contribution in [0.3, 0.4) is 0 Å². The molecule has 0 spiro atoms. The first-order chi connectivity index (χ1) is 14.6. The van der Waals surface area contributed by atoms with Crippen LogP contribution in [0.4, 0.5) is 11.6 Å². The Balaban J connectivity index is 0.000000130. The van der Waals surface area contributed by atoms with Gasteiger partial charge in [-0.25, -0.2) is 19.9 Å². The van der Waals surface area contributed by atoms with Gasteiger partial charge in [-0.05, 0) is 57.5 Å². The van der Waals surface area contributed by atoms with Crippen LogP contribution in [-0.4, -0.2) is 47.1 Å². The highest BCUT2D eigenvalue weighted by molar-refractivity contribution is 9.10. The molecule has 0 saturated heterocycles. The molecule has 0 atom stereocenters. The summed E-state index contributed by atoms with van der Waals surface area (Å²) in [6, 6.07) is 1.10. The van der Waals surface area contributed by atoms with Crippen molar-refractivity contribution in [2.24, 2.45) is 0 Å². The summed E-state index contributed by atoms with van der Waals surface area (Å²) in [6.07, 6.45) is 14.5. The van der Waals surface area contributed by atoms with Crippen molar-refractivity contribution in [3.63, 3.8) is 0 Å². The highest BCUT2D eigenvalue weighted by atomic mass is 79.9. The Labute approximate surface area is 188 Å². The Hall–Kier alpha value is -2.53. The standard InChI is InChI=1S/C10H9BrN4O.C9H9BrN4/c11-8-4-15-7(5-16)3-12-10(15)9(14-8)13-6-1-2-6;10-7-5-14-4-3-11-9(14)8(13-7)12-6-1-2-6/h3-6H,1-2H2,(H,13,14);3-6H,1-2H2,(H,12,13). The number of imidazole rings is 2. The third-order valence-electron chi connectivity index (χ3n) is 4.79. The smallest absolute Gasteiger partial charge is 0.180 e. The number of hydrogen-bond donors (Lipinski definition) is 2. The zero-order valence-electron chi connectivity index (χ0n) is 15.8. The maximum absolute atomic E-state index is 10.8. The molecule has 0 aromatic carbocycles. The van der Waals surface area contributed by atoms with Gasteiger partial charge in [0.05, 0.1) is 6.20 Å². The van der Waals surface area contributed by atoms with Crippen molar-refractivity contribution in [3.05, 3.63) is 45.9 Å². The second-order valence-corrected chi connectivity index (χ2v) is 8.94. The minimum absolute atomic E-state index is 0.502. The van der Waals surface area contributed by atoms with Gasteiger partial charge in [0.2, 0.25) is 0 Å². The number of carbonyl (C=O) groups is 1. The minimum Gasteiger partial charge on any atom is -0.364 e. The number of rotatable bonds is 5. The number of hydrogen-bond acceptors (Lipinski definition) is 7. The lowest BCUT2D eigenvalue weighted by atomic mass is 10.5. The van der Waals surface area contributed by atoms with E-state index in [0.29, 0.717) is 28.0 Å². The number of anilines is 2. The quantitative estimate of drug-likeness (QED) is 0.374. The van der Waals surface area contributed by atoms with Crippen LogP contribution < -0.4 is 10.6 Å². The summed E-state index contributed by atoms with van der Waals surface area (Å²) in [5, 5.41) is 6.66. The summed E-state index contributed by atoms with van der Waals surface area (Å²) in [6.45, 7) is 0. The van der Waals surface area contributed by atoms with Crippen LogP contribution in [0.5, 0.6) is 0 Å². The molecule has 2 fully saturated rings. The van der Waals surface area contributed by atoms with Gasteiger partial charge in [-0.2, -0.15) is 0 Å². The van der Waals surface area contributed by atoms with Gasteiger partial charge in [0.15, 0.2) is 29.2 Å². The maximum atomic E-state index is 10.8. The number of halogens is 2. The number of aromatic nitrogens is 6. The Morgan fingerprint density at radius 2 is 1.57 bits per heavy atom. The Bertz CT molecular complexity index is 1230. The first-order valence-corrected chi connectivity index (χ1v) is 11.2. The zero-order chi connectivity index (χ0) is 20.7. The summed E-state index contributed by atoms with van der Waals surface area (Å²) < 4.78 is 5.20. The fourth-order valence-electron chi connectivity index (χ4n) is 3.00. The molecular weight excluding hydrogens is 516 g/mol. The van der Waals surface area contributed by atoms with E-state index in [1.54, 1.807) is 23.0 Å². The van der Waals surface area contributed by atoms with Crippen LogP contribution in [0.25, 0.3) is 11.3 Å². The number of carbonyl (C=O) groups excluding carboxylic acids is 1. The summed E-state index contributed by atoms with van der Waals surface area (Å²) in [5.41, 5.74) is 2.11. The van der Waals surface area contributed by atoms with E-state index in [1.165, 1.54) is 25.7 Å². The molecule has 2 N–H and O–H groups in total. The molecule has 154 valence electrons. The van der Waals surface area contributed by atoms with Crippen molar-refractivity contribution in [2.45, 2.75) is 37.8 Å². The van der Waals surface area contributed by atoms with Crippen molar-refractivity contribution in [2.75, 3.05) is 10.6 Å². The third-order valence-corrected chi connectivity index (χ3v) is 5.56. The fourth-order valence-corrected chi connectivity index (χ4v) is 3.78. The lowest BCUT2D eigenvalue weighted by Gasteiger charge is -2.06. The van der Waals surface area contributed by atoms with Crippen molar-refractivity contribution in [1.82, 2.24) is 28.7 Å². The molecule has 0 radical (unpaired) electrons. The van der Waals surface area contributed by atoms with E-state index in [4.69, 9.17) is 0 Å². The average Bonchev–Trinajstić information content (AvgIpc) is 3.62. The van der Waals surface area contributed by atoms with E-state index >= 15 is 0 Å². The van der Waals surface area contributed by atoms with Crippen LogP contribution in [-0.2, 0) is 0 Å². The van der Waals surface area contributed by atoms with E-state index in [0.717, 1.165) is 28.2 Å². The molecule has 2 aliphatic rings. The normalized spacial score (nSPS) is 15.7. The molecule has 6 rings (SSSR count). The van der Waals surface area contributed by atoms with E-state index in [9.17, 15) is 4.79 Å². The van der Waals surface area contributed by atoms with E-state index in [2.05, 4.69) is 62.4 Å². The van der Waals surface area contributed by atoms with Crippen molar-refractivity contribution in [1.29, 1.82) is 0 Å². The largest absolute Gasteiger partial charge is 0.364 e. The van der Waals surface area contributed by atoms with E-state index < -0.39 is 0 Å². The Morgan fingerprint density at radius 3 is 2.20 bits per heavy atom. The molecule has 2 saturated carbocycles. The van der Waals surface area contributed by atoms with Crippen LogP contribution in [0, 0.1) is 0 Å². The monoisotopic (exact) mass is 532 g/mol. The number of fused-ring (bicyclic) bond motifs is 2. The second kappa shape index (κ2) is 7.95. The molecule has 11 heteroatoms. The Morgan fingerprint density at radius 1 is 0.933 bits per heavy atom. The molecule has 0 aliphatic heterocycles. The first-order valence-electron chi connectivity index (χ1n) is 9.62. The van der Waals surface area contributed by atoms with Gasteiger partial charge in [-0.1, -0.05) is 0 Å². The molecule has 30 heavy (non-hydrogen) atoms. The van der Waals surface area contributed by atoms with Gasteiger partial charge in [0.25, 0.3) is 0 Å². The highest BCUT2D eigenvalue weighted by Crippen LogP contribution is 2.27. The summed E-state index contributed by atoms with van der Waals surface area (Å²) >= 11 is 6.70. The minimum atomic E-state index is 0.502. The molecule has 4 aromatic heterocycles. The summed E-state index contributed by atoms with van der Waals surface area (Å²) in [5.74, 6) is 1.59. The summed E-state index contributed by atoms with van der Waals surface area (Å²) in [7, 11) is 0. The average molecular weight is 534 g/mol. The second-order valence-electron chi connectivity index (χ2n) is 7.31. The van der Waals surface area contributed by atoms with E-state index in [1.807, 2.05) is 16.8 Å². The van der Waals surface area contributed by atoms with Crippen molar-refractivity contribution in [3.8, 4) is 0 Å². The number of nitrogens with one attached hydrogen (secondary N) is 2. The fraction of sp³-hybridized carbons (Fsp3) is 0.316. The first kappa shape index (κ1) is 19.4. The lowest BCUT2D eigenvalue weighted by Crippen LogP contribution is -2.06.